The zero-order chi connectivity index (χ0) is 13.7. The summed E-state index contributed by atoms with van der Waals surface area (Å²) in [7, 11) is 0. The first-order valence-corrected chi connectivity index (χ1v) is 7.21. The molecule has 0 aliphatic carbocycles. The molecule has 19 heavy (non-hydrogen) atoms. The van der Waals surface area contributed by atoms with E-state index < -0.39 is 0 Å². The summed E-state index contributed by atoms with van der Waals surface area (Å²) < 4.78 is 14.0. The largest absolute Gasteiger partial charge is 0.306 e. The highest BCUT2D eigenvalue weighted by molar-refractivity contribution is 9.10. The minimum absolute atomic E-state index is 0.189. The van der Waals surface area contributed by atoms with Crippen molar-refractivity contribution >= 4 is 15.9 Å². The van der Waals surface area contributed by atoms with E-state index in [1.807, 2.05) is 24.3 Å². The van der Waals surface area contributed by atoms with Crippen LogP contribution in [0.1, 0.15) is 30.5 Å². The number of rotatable bonds is 5. The normalized spacial score (nSPS) is 12.4. The molecule has 0 radical (unpaired) electrons. The molecule has 0 aliphatic rings. The lowest BCUT2D eigenvalue weighted by Gasteiger charge is -2.17. The fourth-order valence-electron chi connectivity index (χ4n) is 2.08. The van der Waals surface area contributed by atoms with E-state index in [1.165, 1.54) is 17.7 Å². The number of benzene rings is 2. The van der Waals surface area contributed by atoms with Crippen molar-refractivity contribution in [2.75, 3.05) is 0 Å². The third kappa shape index (κ3) is 4.15. The Morgan fingerprint density at radius 1 is 1.16 bits per heavy atom. The van der Waals surface area contributed by atoms with Crippen molar-refractivity contribution in [2.24, 2.45) is 0 Å². The van der Waals surface area contributed by atoms with Crippen molar-refractivity contribution < 1.29 is 4.39 Å². The van der Waals surface area contributed by atoms with Crippen LogP contribution in [-0.2, 0) is 6.54 Å². The fourth-order valence-corrected chi connectivity index (χ4v) is 2.53. The Kier molecular flexibility index (Phi) is 5.11. The van der Waals surface area contributed by atoms with Crippen molar-refractivity contribution in [1.29, 1.82) is 0 Å². The van der Waals surface area contributed by atoms with Gasteiger partial charge < -0.3 is 5.32 Å². The molecule has 0 bridgehead atoms. The van der Waals surface area contributed by atoms with E-state index in [0.717, 1.165) is 23.0 Å². The van der Waals surface area contributed by atoms with Gasteiger partial charge in [-0.1, -0.05) is 47.1 Å². The van der Waals surface area contributed by atoms with Crippen molar-refractivity contribution in [2.45, 2.75) is 25.9 Å². The molecule has 0 amide bonds. The van der Waals surface area contributed by atoms with Gasteiger partial charge in [0.1, 0.15) is 5.82 Å². The highest BCUT2D eigenvalue weighted by Gasteiger charge is 2.08. The Morgan fingerprint density at radius 3 is 2.53 bits per heavy atom. The predicted octanol–water partition coefficient (Wildman–Crippen LogP) is 4.83. The molecule has 0 saturated heterocycles. The number of hydrogen-bond acceptors (Lipinski definition) is 1. The number of hydrogen-bond donors (Lipinski definition) is 1. The van der Waals surface area contributed by atoms with Crippen molar-refractivity contribution in [3.8, 4) is 0 Å². The van der Waals surface area contributed by atoms with Gasteiger partial charge in [-0.15, -0.1) is 0 Å². The number of halogens is 2. The summed E-state index contributed by atoms with van der Waals surface area (Å²) in [6.07, 6.45) is 0.972. The van der Waals surface area contributed by atoms with Gasteiger partial charge in [-0.3, -0.25) is 0 Å². The van der Waals surface area contributed by atoms with Gasteiger partial charge in [0.25, 0.3) is 0 Å². The summed E-state index contributed by atoms with van der Waals surface area (Å²) in [5.74, 6) is -0.189. The molecule has 0 spiro atoms. The second-order valence-electron chi connectivity index (χ2n) is 4.52. The van der Waals surface area contributed by atoms with Crippen LogP contribution in [0.25, 0.3) is 0 Å². The molecule has 1 unspecified atom stereocenters. The Labute approximate surface area is 122 Å². The Morgan fingerprint density at radius 2 is 1.89 bits per heavy atom. The molecule has 1 N–H and O–H groups in total. The maximum atomic E-state index is 12.9. The van der Waals surface area contributed by atoms with Crippen LogP contribution in [-0.4, -0.2) is 0 Å². The summed E-state index contributed by atoms with van der Waals surface area (Å²) in [4.78, 5) is 0. The lowest BCUT2D eigenvalue weighted by Crippen LogP contribution is -2.20. The van der Waals surface area contributed by atoms with Crippen molar-refractivity contribution in [3.63, 3.8) is 0 Å². The van der Waals surface area contributed by atoms with Crippen LogP contribution in [0.15, 0.2) is 53.0 Å². The third-order valence-corrected chi connectivity index (χ3v) is 3.62. The summed E-state index contributed by atoms with van der Waals surface area (Å²) in [5.41, 5.74) is 2.36. The van der Waals surface area contributed by atoms with E-state index >= 15 is 0 Å². The van der Waals surface area contributed by atoms with E-state index in [-0.39, 0.29) is 11.9 Å². The SMILES string of the molecule is CCC(NCc1cccc(Br)c1)c1ccc(F)cc1. The second kappa shape index (κ2) is 6.83. The molecule has 0 heterocycles. The maximum absolute atomic E-state index is 12.9. The molecule has 100 valence electrons. The summed E-state index contributed by atoms with van der Waals surface area (Å²) in [6, 6.07) is 15.2. The Balaban J connectivity index is 2.01. The maximum Gasteiger partial charge on any atom is 0.123 e. The Hall–Kier alpha value is -1.19. The van der Waals surface area contributed by atoms with Gasteiger partial charge >= 0.3 is 0 Å². The molecule has 3 heteroatoms. The molecular formula is C16H17BrFN. The smallest absolute Gasteiger partial charge is 0.123 e. The van der Waals surface area contributed by atoms with Gasteiger partial charge in [-0.25, -0.2) is 4.39 Å². The van der Waals surface area contributed by atoms with Crippen molar-refractivity contribution in [3.05, 3.63) is 69.9 Å². The van der Waals surface area contributed by atoms with Crippen LogP contribution < -0.4 is 5.32 Å². The molecule has 1 atom stereocenters. The predicted molar refractivity (Wildman–Crippen MR) is 80.4 cm³/mol. The van der Waals surface area contributed by atoms with Gasteiger partial charge in [0.2, 0.25) is 0 Å². The third-order valence-electron chi connectivity index (χ3n) is 3.12. The lowest BCUT2D eigenvalue weighted by atomic mass is 10.0. The minimum atomic E-state index is -0.189. The van der Waals surface area contributed by atoms with Crippen LogP contribution in [0, 0.1) is 5.82 Å². The van der Waals surface area contributed by atoms with E-state index in [9.17, 15) is 4.39 Å². The number of nitrogens with one attached hydrogen (secondary N) is 1. The average molecular weight is 322 g/mol. The molecule has 0 saturated carbocycles. The van der Waals surface area contributed by atoms with Gasteiger partial charge in [0.15, 0.2) is 0 Å². The van der Waals surface area contributed by atoms with Gasteiger partial charge in [0, 0.05) is 17.1 Å². The zero-order valence-corrected chi connectivity index (χ0v) is 12.5. The first-order chi connectivity index (χ1) is 9.19. The van der Waals surface area contributed by atoms with E-state index in [0.29, 0.717) is 0 Å². The van der Waals surface area contributed by atoms with E-state index in [1.54, 1.807) is 0 Å². The molecule has 0 aromatic heterocycles. The average Bonchev–Trinajstić information content (AvgIpc) is 2.41. The monoisotopic (exact) mass is 321 g/mol. The Bertz CT molecular complexity index is 525. The van der Waals surface area contributed by atoms with Crippen molar-refractivity contribution in [1.82, 2.24) is 5.32 Å². The fraction of sp³-hybridized carbons (Fsp3) is 0.250. The summed E-state index contributed by atoms with van der Waals surface area (Å²) in [6.45, 7) is 2.93. The molecule has 1 nitrogen and oxygen atoms in total. The van der Waals surface area contributed by atoms with Crippen LogP contribution in [0.5, 0.6) is 0 Å². The minimum Gasteiger partial charge on any atom is -0.306 e. The van der Waals surface area contributed by atoms with Gasteiger partial charge in [0.05, 0.1) is 0 Å². The first kappa shape index (κ1) is 14.2. The van der Waals surface area contributed by atoms with Crippen LogP contribution in [0.2, 0.25) is 0 Å². The van der Waals surface area contributed by atoms with E-state index in [2.05, 4.69) is 40.3 Å². The van der Waals surface area contributed by atoms with Gasteiger partial charge in [-0.2, -0.15) is 0 Å². The molecule has 0 aliphatic heterocycles. The highest BCUT2D eigenvalue weighted by atomic mass is 79.9. The standard InChI is InChI=1S/C16H17BrFN/c1-2-16(13-6-8-15(18)9-7-13)19-11-12-4-3-5-14(17)10-12/h3-10,16,19H,2,11H2,1H3. The van der Waals surface area contributed by atoms with Gasteiger partial charge in [-0.05, 0) is 41.8 Å². The molecule has 2 rings (SSSR count). The van der Waals surface area contributed by atoms with Crippen LogP contribution in [0.3, 0.4) is 0 Å². The van der Waals surface area contributed by atoms with E-state index in [4.69, 9.17) is 0 Å². The lowest BCUT2D eigenvalue weighted by molar-refractivity contribution is 0.517. The van der Waals surface area contributed by atoms with Crippen LogP contribution >= 0.6 is 15.9 Å². The molecular weight excluding hydrogens is 305 g/mol. The summed E-state index contributed by atoms with van der Waals surface area (Å²) in [5, 5.41) is 3.51. The summed E-state index contributed by atoms with van der Waals surface area (Å²) >= 11 is 3.47. The molecule has 2 aromatic rings. The zero-order valence-electron chi connectivity index (χ0n) is 10.9. The topological polar surface area (TPSA) is 12.0 Å². The quantitative estimate of drug-likeness (QED) is 0.831. The molecule has 2 aromatic carbocycles. The van der Waals surface area contributed by atoms with Crippen LogP contribution in [0.4, 0.5) is 4.39 Å². The highest BCUT2D eigenvalue weighted by Crippen LogP contribution is 2.18. The second-order valence-corrected chi connectivity index (χ2v) is 5.44. The first-order valence-electron chi connectivity index (χ1n) is 6.42. The molecule has 0 fully saturated rings.